The molecule has 2 aromatic carbocycles. The Morgan fingerprint density at radius 3 is 2.32 bits per heavy atom. The first-order chi connectivity index (χ1) is 9.20. The Bertz CT molecular complexity index is 602. The van der Waals surface area contributed by atoms with Crippen molar-refractivity contribution in [1.29, 1.82) is 5.26 Å². The van der Waals surface area contributed by atoms with Crippen LogP contribution in [0.3, 0.4) is 0 Å². The molecule has 2 aromatic rings. The normalized spacial score (nSPS) is 9.47. The first kappa shape index (κ1) is 13.1. The van der Waals surface area contributed by atoms with E-state index in [9.17, 15) is 0 Å². The van der Waals surface area contributed by atoms with Crippen LogP contribution in [0.2, 0.25) is 0 Å². The molecule has 19 heavy (non-hydrogen) atoms. The number of ether oxygens (including phenoxy) is 1. The quantitative estimate of drug-likeness (QED) is 0.783. The second-order valence-electron chi connectivity index (χ2n) is 3.90. The third-order valence-electron chi connectivity index (χ3n) is 2.61. The molecule has 0 spiro atoms. The van der Waals surface area contributed by atoms with E-state index < -0.39 is 0 Å². The van der Waals surface area contributed by atoms with Crippen molar-refractivity contribution in [2.45, 2.75) is 0 Å². The summed E-state index contributed by atoms with van der Waals surface area (Å²) in [5.41, 5.74) is 1.55. The van der Waals surface area contributed by atoms with Gasteiger partial charge in [0.2, 0.25) is 0 Å². The molecule has 0 bridgehead atoms. The minimum Gasteiger partial charge on any atom is -0.432 e. The monoisotopic (exact) mass is 268 g/mol. The van der Waals surface area contributed by atoms with Gasteiger partial charge in [0, 0.05) is 12.7 Å². The van der Waals surface area contributed by atoms with E-state index in [-0.39, 0.29) is 0 Å². The fraction of sp³-hybridized carbons (Fsp3) is 0.0667. The first-order valence-electron chi connectivity index (χ1n) is 5.71. The van der Waals surface area contributed by atoms with Crippen molar-refractivity contribution in [3.63, 3.8) is 0 Å². The molecule has 0 amide bonds. The minimum atomic E-state index is 0.357. The van der Waals surface area contributed by atoms with E-state index in [0.717, 1.165) is 5.69 Å². The lowest BCUT2D eigenvalue weighted by atomic mass is 10.2. The van der Waals surface area contributed by atoms with E-state index in [1.165, 1.54) is 0 Å². The number of nitriles is 1. The van der Waals surface area contributed by atoms with Crippen LogP contribution < -0.4 is 9.64 Å². The van der Waals surface area contributed by atoms with Crippen molar-refractivity contribution >= 4 is 23.1 Å². The average molecular weight is 268 g/mol. The van der Waals surface area contributed by atoms with Gasteiger partial charge in [-0.2, -0.15) is 5.26 Å². The lowest BCUT2D eigenvalue weighted by Crippen LogP contribution is -2.29. The highest BCUT2D eigenvalue weighted by molar-refractivity contribution is 7.80. The molecule has 0 saturated carbocycles. The largest absolute Gasteiger partial charge is 0.432 e. The summed E-state index contributed by atoms with van der Waals surface area (Å²) in [7, 11) is 1.85. The second kappa shape index (κ2) is 5.98. The SMILES string of the molecule is CN(C(=S)Oc1ccc(C#N)cc1)c1ccccc1. The van der Waals surface area contributed by atoms with Gasteiger partial charge in [-0.25, -0.2) is 0 Å². The summed E-state index contributed by atoms with van der Waals surface area (Å²) in [5.74, 6) is 0.617. The number of thiocarbonyl (C=S) groups is 1. The van der Waals surface area contributed by atoms with Gasteiger partial charge in [-0.05, 0) is 48.6 Å². The van der Waals surface area contributed by atoms with Crippen molar-refractivity contribution in [3.05, 3.63) is 60.2 Å². The molecule has 0 N–H and O–H groups in total. The third-order valence-corrected chi connectivity index (χ3v) is 2.96. The van der Waals surface area contributed by atoms with Crippen molar-refractivity contribution < 1.29 is 4.74 Å². The number of rotatable bonds is 2. The minimum absolute atomic E-state index is 0.357. The molecule has 0 radical (unpaired) electrons. The number of hydrogen-bond donors (Lipinski definition) is 0. The van der Waals surface area contributed by atoms with Crippen LogP contribution in [0.15, 0.2) is 54.6 Å². The zero-order valence-corrected chi connectivity index (χ0v) is 11.2. The molecule has 0 atom stereocenters. The Balaban J connectivity index is 2.06. The molecule has 94 valence electrons. The summed E-state index contributed by atoms with van der Waals surface area (Å²) in [6.07, 6.45) is 0. The zero-order chi connectivity index (χ0) is 13.7. The Hall–Kier alpha value is -2.38. The number of benzene rings is 2. The van der Waals surface area contributed by atoms with Crippen LogP contribution in [0.5, 0.6) is 5.75 Å². The van der Waals surface area contributed by atoms with E-state index in [1.54, 1.807) is 29.2 Å². The second-order valence-corrected chi connectivity index (χ2v) is 4.25. The zero-order valence-electron chi connectivity index (χ0n) is 10.4. The molecule has 2 rings (SSSR count). The molecule has 0 aliphatic heterocycles. The van der Waals surface area contributed by atoms with Crippen LogP contribution in [-0.4, -0.2) is 12.2 Å². The molecule has 4 heteroatoms. The van der Waals surface area contributed by atoms with Crippen molar-refractivity contribution in [2.24, 2.45) is 0 Å². The summed E-state index contributed by atoms with van der Waals surface area (Å²) >= 11 is 5.24. The lowest BCUT2D eigenvalue weighted by Gasteiger charge is -2.19. The van der Waals surface area contributed by atoms with Gasteiger partial charge < -0.3 is 9.64 Å². The number of para-hydroxylation sites is 1. The topological polar surface area (TPSA) is 36.3 Å². The van der Waals surface area contributed by atoms with E-state index in [0.29, 0.717) is 16.5 Å². The predicted molar refractivity (Wildman–Crippen MR) is 79.2 cm³/mol. The van der Waals surface area contributed by atoms with Crippen LogP contribution in [0.25, 0.3) is 0 Å². The van der Waals surface area contributed by atoms with E-state index in [4.69, 9.17) is 22.2 Å². The molecular formula is C15H12N2OS. The van der Waals surface area contributed by atoms with Crippen LogP contribution in [0, 0.1) is 11.3 Å². The van der Waals surface area contributed by atoms with Gasteiger partial charge >= 0.3 is 0 Å². The smallest absolute Gasteiger partial charge is 0.269 e. The Morgan fingerprint density at radius 2 is 1.74 bits per heavy atom. The summed E-state index contributed by atoms with van der Waals surface area (Å²) < 4.78 is 5.58. The summed E-state index contributed by atoms with van der Waals surface area (Å²) in [6.45, 7) is 0. The Kier molecular flexibility index (Phi) is 4.11. The van der Waals surface area contributed by atoms with Gasteiger partial charge in [0.1, 0.15) is 5.75 Å². The lowest BCUT2D eigenvalue weighted by molar-refractivity contribution is 0.552. The van der Waals surface area contributed by atoms with Crippen LogP contribution >= 0.6 is 12.2 Å². The van der Waals surface area contributed by atoms with Gasteiger partial charge in [-0.15, -0.1) is 0 Å². The molecular weight excluding hydrogens is 256 g/mol. The summed E-state index contributed by atoms with van der Waals surface area (Å²) in [5, 5.41) is 9.08. The van der Waals surface area contributed by atoms with Gasteiger partial charge in [0.15, 0.2) is 0 Å². The highest BCUT2D eigenvalue weighted by Crippen LogP contribution is 2.16. The molecule has 0 heterocycles. The number of hydrogen-bond acceptors (Lipinski definition) is 3. The van der Waals surface area contributed by atoms with E-state index in [1.807, 2.05) is 37.4 Å². The maximum Gasteiger partial charge on any atom is 0.269 e. The standard InChI is InChI=1S/C15H12N2OS/c1-17(13-5-3-2-4-6-13)15(19)18-14-9-7-12(11-16)8-10-14/h2-10H,1H3. The van der Waals surface area contributed by atoms with Gasteiger partial charge in [0.25, 0.3) is 5.17 Å². The van der Waals surface area contributed by atoms with E-state index >= 15 is 0 Å². The van der Waals surface area contributed by atoms with Crippen LogP contribution in [0.1, 0.15) is 5.56 Å². The van der Waals surface area contributed by atoms with Gasteiger partial charge in [0.05, 0.1) is 11.6 Å². The molecule has 0 fully saturated rings. The number of anilines is 1. The molecule has 0 unspecified atom stereocenters. The first-order valence-corrected chi connectivity index (χ1v) is 6.12. The average Bonchev–Trinajstić information content (AvgIpc) is 2.48. The summed E-state index contributed by atoms with van der Waals surface area (Å²) in [6, 6.07) is 18.6. The molecule has 0 aliphatic rings. The predicted octanol–water partition coefficient (Wildman–Crippen LogP) is 3.36. The van der Waals surface area contributed by atoms with Crippen molar-refractivity contribution in [2.75, 3.05) is 11.9 Å². The maximum absolute atomic E-state index is 8.72. The highest BCUT2D eigenvalue weighted by atomic mass is 32.1. The third kappa shape index (κ3) is 3.30. The Morgan fingerprint density at radius 1 is 1.11 bits per heavy atom. The van der Waals surface area contributed by atoms with Gasteiger partial charge in [-0.3, -0.25) is 0 Å². The van der Waals surface area contributed by atoms with E-state index in [2.05, 4.69) is 6.07 Å². The molecule has 0 aromatic heterocycles. The fourth-order valence-electron chi connectivity index (χ4n) is 1.52. The Labute approximate surface area is 117 Å². The maximum atomic E-state index is 8.72. The summed E-state index contributed by atoms with van der Waals surface area (Å²) in [4.78, 5) is 1.79. The van der Waals surface area contributed by atoms with Crippen molar-refractivity contribution in [3.8, 4) is 11.8 Å². The van der Waals surface area contributed by atoms with Gasteiger partial charge in [-0.1, -0.05) is 18.2 Å². The highest BCUT2D eigenvalue weighted by Gasteiger charge is 2.08. The molecule has 3 nitrogen and oxygen atoms in total. The molecule has 0 saturated heterocycles. The van der Waals surface area contributed by atoms with Crippen molar-refractivity contribution in [1.82, 2.24) is 0 Å². The fourth-order valence-corrected chi connectivity index (χ4v) is 1.73. The molecule has 0 aliphatic carbocycles. The van der Waals surface area contributed by atoms with Crippen LogP contribution in [0.4, 0.5) is 5.69 Å². The van der Waals surface area contributed by atoms with Crippen LogP contribution in [-0.2, 0) is 0 Å². The number of nitrogens with zero attached hydrogens (tertiary/aromatic N) is 2.